The van der Waals surface area contributed by atoms with Crippen LogP contribution in [-0.2, 0) is 28.4 Å². The molecule has 0 aliphatic carbocycles. The van der Waals surface area contributed by atoms with E-state index in [0.29, 0.717) is 0 Å². The predicted octanol–water partition coefficient (Wildman–Crippen LogP) is -3.84. The smallest absolute Gasteiger partial charge is 0.187 e. The van der Waals surface area contributed by atoms with E-state index in [1.165, 1.54) is 21.0 Å². The second-order valence-corrected chi connectivity index (χ2v) is 8.50. The fourth-order valence-corrected chi connectivity index (χ4v) is 4.09. The Morgan fingerprint density at radius 1 is 0.469 bits per heavy atom. The normalized spacial score (nSPS) is 55.0. The molecule has 13 heteroatoms. The van der Waals surface area contributed by atoms with E-state index in [2.05, 4.69) is 0 Å². The molecule has 13 nitrogen and oxygen atoms in total. The van der Waals surface area contributed by atoms with Crippen molar-refractivity contribution in [3.8, 4) is 0 Å². The van der Waals surface area contributed by atoms with Gasteiger partial charge in [0.15, 0.2) is 18.9 Å². The summed E-state index contributed by atoms with van der Waals surface area (Å²) in [6.07, 6.45) is -19.4. The molecule has 0 aromatic heterocycles. The van der Waals surface area contributed by atoms with Crippen molar-refractivity contribution >= 4 is 0 Å². The molecule has 0 unspecified atom stereocenters. The summed E-state index contributed by atoms with van der Waals surface area (Å²) in [7, 11) is 1.31. The van der Waals surface area contributed by atoms with Crippen LogP contribution in [0, 0.1) is 0 Å². The molecule has 3 fully saturated rings. The van der Waals surface area contributed by atoms with E-state index in [1.54, 1.807) is 6.92 Å². The van der Waals surface area contributed by atoms with Crippen molar-refractivity contribution in [2.75, 3.05) is 7.11 Å². The van der Waals surface area contributed by atoms with Gasteiger partial charge in [-0.05, 0) is 20.8 Å². The number of ether oxygens (including phenoxy) is 6. The van der Waals surface area contributed by atoms with E-state index >= 15 is 0 Å². The molecule has 3 saturated heterocycles. The van der Waals surface area contributed by atoms with E-state index < -0.39 is 92.1 Å². The molecule has 0 aromatic rings. The molecule has 7 N–H and O–H groups in total. The van der Waals surface area contributed by atoms with Crippen LogP contribution in [0.1, 0.15) is 20.8 Å². The molecule has 0 spiro atoms. The lowest BCUT2D eigenvalue weighted by atomic mass is 9.96. The summed E-state index contributed by atoms with van der Waals surface area (Å²) in [6, 6.07) is 0. The molecule has 188 valence electrons. The second kappa shape index (κ2) is 10.4. The summed E-state index contributed by atoms with van der Waals surface area (Å²) >= 11 is 0. The van der Waals surface area contributed by atoms with Crippen molar-refractivity contribution in [2.45, 2.75) is 113 Å². The first-order valence-corrected chi connectivity index (χ1v) is 10.5. The second-order valence-electron chi connectivity index (χ2n) is 8.50. The molecule has 0 aromatic carbocycles. The van der Waals surface area contributed by atoms with E-state index in [9.17, 15) is 35.7 Å². The van der Waals surface area contributed by atoms with E-state index in [4.69, 9.17) is 28.4 Å². The largest absolute Gasteiger partial charge is 0.388 e. The minimum absolute atomic E-state index is 0.794. The van der Waals surface area contributed by atoms with Gasteiger partial charge in [-0.1, -0.05) is 0 Å². The highest BCUT2D eigenvalue weighted by molar-refractivity contribution is 4.95. The molecule has 0 saturated carbocycles. The summed E-state index contributed by atoms with van der Waals surface area (Å²) < 4.78 is 33.3. The van der Waals surface area contributed by atoms with E-state index in [0.717, 1.165) is 0 Å². The Balaban J connectivity index is 1.81. The first-order valence-electron chi connectivity index (χ1n) is 10.5. The number of rotatable bonds is 5. The molecule has 15 atom stereocenters. The molecule has 3 aliphatic rings. The Labute approximate surface area is 185 Å². The third-order valence-electron chi connectivity index (χ3n) is 6.18. The maximum Gasteiger partial charge on any atom is 0.187 e. The zero-order chi connectivity index (χ0) is 23.9. The minimum Gasteiger partial charge on any atom is -0.388 e. The fourth-order valence-electron chi connectivity index (χ4n) is 4.09. The van der Waals surface area contributed by atoms with Gasteiger partial charge < -0.3 is 64.2 Å². The average Bonchev–Trinajstić information content (AvgIpc) is 2.76. The highest BCUT2D eigenvalue weighted by Crippen LogP contribution is 2.33. The van der Waals surface area contributed by atoms with Crippen LogP contribution in [0.25, 0.3) is 0 Å². The SMILES string of the molecule is CO[C@@H]1O[C@@H](C)[C@H](O[C@@H]2O[C@@H](C)[C@H](O)[C@@H](O)[C@H]2O)[C@@H](O[C@H]2O[C@@H](C)[C@@H](O)[C@@H](O)[C@@H]2O)[C@H]1O. The summed E-state index contributed by atoms with van der Waals surface area (Å²) in [4.78, 5) is 0. The Morgan fingerprint density at radius 3 is 1.31 bits per heavy atom. The number of hydrogen-bond acceptors (Lipinski definition) is 13. The molecule has 3 aliphatic heterocycles. The average molecular weight is 470 g/mol. The lowest BCUT2D eigenvalue weighted by Gasteiger charge is -2.48. The van der Waals surface area contributed by atoms with Crippen LogP contribution in [0.2, 0.25) is 0 Å². The number of aliphatic hydroxyl groups is 7. The number of hydrogen-bond donors (Lipinski definition) is 7. The van der Waals surface area contributed by atoms with Gasteiger partial charge in [0.1, 0.15) is 54.9 Å². The van der Waals surface area contributed by atoms with Crippen molar-refractivity contribution in [2.24, 2.45) is 0 Å². The van der Waals surface area contributed by atoms with Crippen LogP contribution >= 0.6 is 0 Å². The first kappa shape index (κ1) is 26.1. The molecular weight excluding hydrogens is 436 g/mol. The Hall–Kier alpha value is -0.520. The maximum atomic E-state index is 10.8. The van der Waals surface area contributed by atoms with Gasteiger partial charge in [0.05, 0.1) is 18.3 Å². The zero-order valence-corrected chi connectivity index (χ0v) is 18.2. The quantitative estimate of drug-likeness (QED) is 0.206. The van der Waals surface area contributed by atoms with Crippen LogP contribution in [-0.4, -0.2) is 135 Å². The highest BCUT2D eigenvalue weighted by atomic mass is 16.8. The zero-order valence-electron chi connectivity index (χ0n) is 18.2. The van der Waals surface area contributed by atoms with Crippen molar-refractivity contribution in [1.29, 1.82) is 0 Å². The summed E-state index contributed by atoms with van der Waals surface area (Å²) in [6.45, 7) is 4.55. The first-order chi connectivity index (χ1) is 15.0. The van der Waals surface area contributed by atoms with Crippen LogP contribution in [0.5, 0.6) is 0 Å². The molecule has 3 heterocycles. The van der Waals surface area contributed by atoms with Gasteiger partial charge in [0.2, 0.25) is 0 Å². The van der Waals surface area contributed by atoms with E-state index in [1.807, 2.05) is 0 Å². The molecular formula is C19H34O13. The Morgan fingerprint density at radius 2 is 0.875 bits per heavy atom. The van der Waals surface area contributed by atoms with Gasteiger partial charge >= 0.3 is 0 Å². The Bertz CT molecular complexity index is 610. The molecule has 3 rings (SSSR count). The van der Waals surface area contributed by atoms with Gasteiger partial charge in [-0.3, -0.25) is 0 Å². The van der Waals surface area contributed by atoms with Crippen LogP contribution in [0.4, 0.5) is 0 Å². The topological polar surface area (TPSA) is 197 Å². The van der Waals surface area contributed by atoms with Crippen molar-refractivity contribution in [1.82, 2.24) is 0 Å². The molecule has 0 bridgehead atoms. The minimum atomic E-state index is -1.64. The maximum absolute atomic E-state index is 10.8. The fraction of sp³-hybridized carbons (Fsp3) is 1.00. The lowest BCUT2D eigenvalue weighted by molar-refractivity contribution is -0.379. The molecule has 0 radical (unpaired) electrons. The third kappa shape index (κ3) is 4.95. The van der Waals surface area contributed by atoms with Gasteiger partial charge in [-0.25, -0.2) is 0 Å². The monoisotopic (exact) mass is 470 g/mol. The summed E-state index contributed by atoms with van der Waals surface area (Å²) in [5.74, 6) is 0. The van der Waals surface area contributed by atoms with Gasteiger partial charge in [-0.15, -0.1) is 0 Å². The molecule has 0 amide bonds. The Kier molecular flexibility index (Phi) is 8.48. The molecule has 32 heavy (non-hydrogen) atoms. The van der Waals surface area contributed by atoms with Gasteiger partial charge in [0, 0.05) is 7.11 Å². The van der Waals surface area contributed by atoms with Gasteiger partial charge in [0.25, 0.3) is 0 Å². The summed E-state index contributed by atoms with van der Waals surface area (Å²) in [5.41, 5.74) is 0. The highest BCUT2D eigenvalue weighted by Gasteiger charge is 2.52. The summed E-state index contributed by atoms with van der Waals surface area (Å²) in [5, 5.41) is 71.3. The van der Waals surface area contributed by atoms with Crippen LogP contribution in [0.15, 0.2) is 0 Å². The van der Waals surface area contributed by atoms with Gasteiger partial charge in [-0.2, -0.15) is 0 Å². The van der Waals surface area contributed by atoms with Crippen LogP contribution in [0.3, 0.4) is 0 Å². The van der Waals surface area contributed by atoms with Crippen molar-refractivity contribution < 1.29 is 64.2 Å². The number of aliphatic hydroxyl groups excluding tert-OH is 7. The number of methoxy groups -OCH3 is 1. The van der Waals surface area contributed by atoms with Crippen molar-refractivity contribution in [3.63, 3.8) is 0 Å². The predicted molar refractivity (Wildman–Crippen MR) is 102 cm³/mol. The van der Waals surface area contributed by atoms with Crippen molar-refractivity contribution in [3.05, 3.63) is 0 Å². The van der Waals surface area contributed by atoms with E-state index in [-0.39, 0.29) is 0 Å². The lowest BCUT2D eigenvalue weighted by Crippen LogP contribution is -2.65. The third-order valence-corrected chi connectivity index (χ3v) is 6.18. The standard InChI is InChI=1S/C19H34O13/c1-5-8(20)10(22)12(24)18(28-5)31-15-7(3)30-17(27-4)14(26)16(15)32-19-13(25)11(23)9(21)6(2)29-19/h5-26H,1-4H3/t5-,6-,7-,8-,9+,10+,11+,12+,13-,14+,15-,16-,17+,18-,19+/m0/s1. The van der Waals surface area contributed by atoms with Crippen LogP contribution < -0.4 is 0 Å².